The highest BCUT2D eigenvalue weighted by Crippen LogP contribution is 2.55. The quantitative estimate of drug-likeness (QED) is 0.0851. The van der Waals surface area contributed by atoms with Crippen LogP contribution in [0.15, 0.2) is 23.8 Å². The Balaban J connectivity index is 1.25. The molecule has 0 radical (unpaired) electrons. The number of nitrogen functional groups attached to an aromatic ring is 2. The third-order valence-corrected chi connectivity index (χ3v) is 9.62. The lowest BCUT2D eigenvalue weighted by Gasteiger charge is -2.31. The van der Waals surface area contributed by atoms with Crippen molar-refractivity contribution >= 4 is 49.7 Å². The Morgan fingerprint density at radius 1 is 0.979 bits per heavy atom. The number of ether oxygens (including phenoxy) is 2. The number of hydrogen-bond donors (Lipinski definition) is 7. The highest BCUT2D eigenvalue weighted by molar-refractivity contribution is 7.47. The van der Waals surface area contributed by atoms with Crippen LogP contribution < -0.4 is 17.0 Å². The molecule has 250 valence electrons. The van der Waals surface area contributed by atoms with E-state index in [1.54, 1.807) is 0 Å². The lowest BCUT2D eigenvalue weighted by molar-refractivity contribution is -0.0961. The average Bonchev–Trinajstić information content (AvgIpc) is 3.76. The SMILES string of the molecule is C#C[C@@]12COP(=O)(O)O[C@H]3C(O)[C@@H](COP(=O)(O)OC1[C@H](O)[C@H](n1cnc4c(N)ncnc41)O2)O[C@H]3n1cnc2c(=O)[nH]c(N)nc21. The number of aromatic amines is 1. The molecular weight excluding hydrogens is 674 g/mol. The monoisotopic (exact) mass is 698 g/mol. The number of aromatic nitrogens is 8. The van der Waals surface area contributed by atoms with E-state index in [-0.39, 0.29) is 34.1 Å². The van der Waals surface area contributed by atoms with Crippen LogP contribution >= 0.6 is 15.6 Å². The van der Waals surface area contributed by atoms with Crippen molar-refractivity contribution in [1.82, 2.24) is 39.0 Å². The van der Waals surface area contributed by atoms with Crippen LogP contribution in [0, 0.1) is 12.3 Å². The van der Waals surface area contributed by atoms with Crippen LogP contribution in [0.2, 0.25) is 0 Å². The second kappa shape index (κ2) is 11.1. The maximum atomic E-state index is 13.4. The molecular formula is C22H24N10O13P2. The summed E-state index contributed by atoms with van der Waals surface area (Å²) in [5, 5.41) is 22.4. The van der Waals surface area contributed by atoms with E-state index >= 15 is 0 Å². The van der Waals surface area contributed by atoms with Gasteiger partial charge in [-0.3, -0.25) is 37.0 Å². The van der Waals surface area contributed by atoms with Gasteiger partial charge in [0.15, 0.2) is 40.7 Å². The van der Waals surface area contributed by atoms with Crippen LogP contribution in [-0.2, 0) is 36.7 Å². The number of phosphoric acid groups is 2. The molecule has 7 heterocycles. The van der Waals surface area contributed by atoms with Crippen LogP contribution in [0.1, 0.15) is 12.5 Å². The number of anilines is 2. The average molecular weight is 698 g/mol. The van der Waals surface area contributed by atoms with Crippen molar-refractivity contribution in [2.45, 2.75) is 48.6 Å². The van der Waals surface area contributed by atoms with E-state index in [2.05, 4.69) is 35.8 Å². The summed E-state index contributed by atoms with van der Waals surface area (Å²) in [5.74, 6) is 1.86. The van der Waals surface area contributed by atoms with Gasteiger partial charge in [-0.25, -0.2) is 29.1 Å². The van der Waals surface area contributed by atoms with Gasteiger partial charge >= 0.3 is 15.6 Å². The van der Waals surface area contributed by atoms with Gasteiger partial charge in [0.25, 0.3) is 5.56 Å². The van der Waals surface area contributed by atoms with Gasteiger partial charge in [0, 0.05) is 0 Å². The summed E-state index contributed by atoms with van der Waals surface area (Å²) in [5.41, 5.74) is 8.28. The number of fused-ring (bicyclic) bond motifs is 5. The van der Waals surface area contributed by atoms with Crippen molar-refractivity contribution in [2.75, 3.05) is 24.7 Å². The summed E-state index contributed by atoms with van der Waals surface area (Å²) in [7, 11) is -10.5. The largest absolute Gasteiger partial charge is 0.472 e. The number of hydrogen-bond acceptors (Lipinski definition) is 18. The van der Waals surface area contributed by atoms with E-state index in [0.29, 0.717) is 0 Å². The first-order chi connectivity index (χ1) is 22.2. The molecule has 3 aliphatic rings. The van der Waals surface area contributed by atoms with Crippen molar-refractivity contribution in [3.63, 3.8) is 0 Å². The normalized spacial score (nSPS) is 38.0. The lowest BCUT2D eigenvalue weighted by Crippen LogP contribution is -2.47. The number of nitrogens with two attached hydrogens (primary N) is 2. The molecule has 0 amide bonds. The number of aliphatic hydroxyl groups excluding tert-OH is 2. The van der Waals surface area contributed by atoms with Crippen molar-refractivity contribution < 1.29 is 56.7 Å². The Morgan fingerprint density at radius 2 is 1.68 bits per heavy atom. The Labute approximate surface area is 260 Å². The highest BCUT2D eigenvalue weighted by Gasteiger charge is 2.60. The fraction of sp³-hybridized carbons (Fsp3) is 0.455. The van der Waals surface area contributed by atoms with E-state index < -0.39 is 83.0 Å². The molecule has 2 bridgehead atoms. The smallest absolute Gasteiger partial charge is 0.387 e. The minimum absolute atomic E-state index is 0.00579. The molecule has 7 rings (SSSR count). The van der Waals surface area contributed by atoms with E-state index in [1.807, 2.05) is 0 Å². The van der Waals surface area contributed by atoms with Crippen LogP contribution in [0.25, 0.3) is 22.3 Å². The number of rotatable bonds is 2. The van der Waals surface area contributed by atoms with E-state index in [1.165, 1.54) is 10.9 Å². The van der Waals surface area contributed by atoms with Gasteiger partial charge in [0.05, 0.1) is 19.3 Å². The maximum Gasteiger partial charge on any atom is 0.472 e. The van der Waals surface area contributed by atoms with Crippen LogP contribution in [0.3, 0.4) is 0 Å². The molecule has 9 N–H and O–H groups in total. The zero-order valence-electron chi connectivity index (χ0n) is 23.4. The molecule has 4 aromatic heterocycles. The molecule has 4 unspecified atom stereocenters. The van der Waals surface area contributed by atoms with Crippen LogP contribution in [0.4, 0.5) is 11.8 Å². The molecule has 23 nitrogen and oxygen atoms in total. The second-order valence-corrected chi connectivity index (χ2v) is 13.4. The number of H-pyrrole nitrogens is 1. The van der Waals surface area contributed by atoms with Gasteiger partial charge in [-0.1, -0.05) is 5.92 Å². The molecule has 3 fully saturated rings. The minimum atomic E-state index is -5.27. The van der Waals surface area contributed by atoms with Gasteiger partial charge in [0.2, 0.25) is 5.95 Å². The maximum absolute atomic E-state index is 13.4. The molecule has 0 aromatic carbocycles. The third-order valence-electron chi connectivity index (χ3n) is 7.68. The molecule has 3 saturated heterocycles. The summed E-state index contributed by atoms with van der Waals surface area (Å²) in [4.78, 5) is 56.1. The van der Waals surface area contributed by atoms with Gasteiger partial charge in [0.1, 0.15) is 49.0 Å². The Bertz CT molecular complexity index is 2080. The summed E-state index contributed by atoms with van der Waals surface area (Å²) < 4.78 is 61.6. The minimum Gasteiger partial charge on any atom is -0.387 e. The van der Waals surface area contributed by atoms with Crippen molar-refractivity contribution in [1.29, 1.82) is 0 Å². The zero-order chi connectivity index (χ0) is 33.5. The molecule has 3 aliphatic heterocycles. The Kier molecular flexibility index (Phi) is 7.48. The second-order valence-electron chi connectivity index (χ2n) is 10.5. The number of phosphoric ester groups is 2. The summed E-state index contributed by atoms with van der Waals surface area (Å²) in [6.07, 6.45) is -2.90. The molecule has 0 aliphatic carbocycles. The number of nitrogens with one attached hydrogen (secondary N) is 1. The Hall–Kier alpha value is -3.88. The lowest BCUT2D eigenvalue weighted by atomic mass is 9.97. The first kappa shape index (κ1) is 31.7. The van der Waals surface area contributed by atoms with E-state index in [0.717, 1.165) is 17.2 Å². The summed E-state index contributed by atoms with van der Waals surface area (Å²) in [6, 6.07) is 0. The standard InChI is InChI=1S/C22H24N10O13P2/c1-2-22-4-41-47(38,39)44-13-11(33)8(42-20(13)32-7-28-10-17(32)29-21(24)30-18(10)35)3-40-46(36,37)45-14(22)12(34)19(43-22)31-6-27-9-15(23)25-5-26-16(9)31/h1,5-8,11-14,19-20,33-34H,3-4H2,(H,36,37)(H,38,39)(H2,23,25,26)(H3,24,29,30,35)/t8-,11?,12+,13+,14?,19-,20-,22-/m1/s1. The number of nitrogens with zero attached hydrogens (tertiary/aromatic N) is 7. The first-order valence-electron chi connectivity index (χ1n) is 13.4. The molecule has 25 heteroatoms. The fourth-order valence-corrected chi connectivity index (χ4v) is 7.43. The van der Waals surface area contributed by atoms with E-state index in [4.69, 9.17) is 45.5 Å². The topological polar surface area (TPSA) is 330 Å². The predicted octanol–water partition coefficient (Wildman–Crippen LogP) is -2.34. The number of imidazole rings is 2. The zero-order valence-corrected chi connectivity index (χ0v) is 25.2. The first-order valence-corrected chi connectivity index (χ1v) is 16.4. The Morgan fingerprint density at radius 3 is 2.43 bits per heavy atom. The molecule has 0 saturated carbocycles. The van der Waals surface area contributed by atoms with Crippen molar-refractivity contribution in [3.05, 3.63) is 29.3 Å². The van der Waals surface area contributed by atoms with Gasteiger partial charge in [-0.05, 0) is 0 Å². The predicted molar refractivity (Wildman–Crippen MR) is 151 cm³/mol. The van der Waals surface area contributed by atoms with Gasteiger partial charge in [-0.15, -0.1) is 6.42 Å². The fourth-order valence-electron chi connectivity index (χ4n) is 5.50. The molecule has 4 aromatic rings. The third kappa shape index (κ3) is 5.30. The van der Waals surface area contributed by atoms with Gasteiger partial charge in [-0.2, -0.15) is 4.98 Å². The summed E-state index contributed by atoms with van der Waals surface area (Å²) in [6.45, 7) is -1.96. The van der Waals surface area contributed by atoms with Crippen LogP contribution in [-0.4, -0.2) is 108 Å². The van der Waals surface area contributed by atoms with Crippen LogP contribution in [0.5, 0.6) is 0 Å². The van der Waals surface area contributed by atoms with Crippen molar-refractivity contribution in [3.8, 4) is 12.3 Å². The summed E-state index contributed by atoms with van der Waals surface area (Å²) >= 11 is 0. The van der Waals surface area contributed by atoms with Gasteiger partial charge < -0.3 is 40.9 Å². The number of terminal acetylenes is 1. The van der Waals surface area contributed by atoms with E-state index in [9.17, 15) is 33.9 Å². The molecule has 0 spiro atoms. The molecule has 47 heavy (non-hydrogen) atoms. The molecule has 10 atom stereocenters. The van der Waals surface area contributed by atoms with Crippen molar-refractivity contribution in [2.24, 2.45) is 0 Å². The highest BCUT2D eigenvalue weighted by atomic mass is 31.2. The number of aliphatic hydroxyl groups is 2.